The Morgan fingerprint density at radius 3 is 1.59 bits per heavy atom. The standard InChI is InChI=1S/C52H35NO/c1-32-15-6-8-19-38(32)48-41-22-10-11-23-42(41)49(39-20-9-7-16-33(39)2)51-45-31-35-29-37(28-27-34(35)30-44(45)50(48)51)53(36-17-4-3-5-18-36)46-25-14-24-43-40-21-12-13-26-47(40)54-52(43)46/h3-31H,1-2H3. The van der Waals surface area contributed by atoms with E-state index in [-0.39, 0.29) is 0 Å². The van der Waals surface area contributed by atoms with Crippen LogP contribution in [0.1, 0.15) is 11.1 Å². The van der Waals surface area contributed by atoms with Crippen molar-refractivity contribution in [2.45, 2.75) is 13.8 Å². The Morgan fingerprint density at radius 1 is 0.370 bits per heavy atom. The van der Waals surface area contributed by atoms with Gasteiger partial charge in [-0.05, 0) is 140 Å². The highest BCUT2D eigenvalue weighted by Gasteiger charge is 2.33. The highest BCUT2D eigenvalue weighted by molar-refractivity contribution is 6.26. The summed E-state index contributed by atoms with van der Waals surface area (Å²) < 4.78 is 6.59. The molecule has 11 rings (SSSR count). The number of furan rings is 1. The fourth-order valence-corrected chi connectivity index (χ4v) is 8.93. The lowest BCUT2D eigenvalue weighted by molar-refractivity contribution is 0.669. The number of nitrogens with zero attached hydrogens (tertiary/aromatic N) is 1. The first kappa shape index (κ1) is 30.7. The van der Waals surface area contributed by atoms with E-state index in [2.05, 4.69) is 189 Å². The van der Waals surface area contributed by atoms with Gasteiger partial charge in [-0.3, -0.25) is 0 Å². The maximum Gasteiger partial charge on any atom is 0.159 e. The van der Waals surface area contributed by atoms with Gasteiger partial charge in [0.2, 0.25) is 0 Å². The fourth-order valence-electron chi connectivity index (χ4n) is 8.93. The molecule has 0 aliphatic heterocycles. The maximum absolute atomic E-state index is 6.59. The Kier molecular flexibility index (Phi) is 6.72. The molecule has 0 bridgehead atoms. The molecular weight excluding hydrogens is 655 g/mol. The number of fused-ring (bicyclic) bond motifs is 9. The van der Waals surface area contributed by atoms with E-state index >= 15 is 0 Å². The summed E-state index contributed by atoms with van der Waals surface area (Å²) in [6.07, 6.45) is 0. The van der Waals surface area contributed by atoms with Gasteiger partial charge in [0.15, 0.2) is 5.58 Å². The first-order chi connectivity index (χ1) is 26.6. The van der Waals surface area contributed by atoms with Gasteiger partial charge in [-0.15, -0.1) is 0 Å². The lowest BCUT2D eigenvalue weighted by Gasteiger charge is -2.33. The van der Waals surface area contributed by atoms with Gasteiger partial charge in [0.1, 0.15) is 5.58 Å². The fraction of sp³-hybridized carbons (Fsp3) is 0.0385. The van der Waals surface area contributed by atoms with E-state index < -0.39 is 0 Å². The van der Waals surface area contributed by atoms with Crippen LogP contribution in [0.25, 0.3) is 88.0 Å². The molecule has 0 fully saturated rings. The molecule has 0 saturated heterocycles. The Morgan fingerprint density at radius 2 is 0.926 bits per heavy atom. The van der Waals surface area contributed by atoms with Crippen LogP contribution in [0.4, 0.5) is 17.1 Å². The van der Waals surface area contributed by atoms with Gasteiger partial charge >= 0.3 is 0 Å². The summed E-state index contributed by atoms with van der Waals surface area (Å²) in [6, 6.07) is 63.8. The molecule has 254 valence electrons. The molecule has 1 aliphatic rings. The molecule has 1 aromatic heterocycles. The average Bonchev–Trinajstić information content (AvgIpc) is 3.60. The second kappa shape index (κ2) is 11.8. The first-order valence-electron chi connectivity index (χ1n) is 18.7. The number of hydrogen-bond acceptors (Lipinski definition) is 2. The lowest BCUT2D eigenvalue weighted by Crippen LogP contribution is -2.10. The van der Waals surface area contributed by atoms with Crippen molar-refractivity contribution in [2.75, 3.05) is 4.90 Å². The van der Waals surface area contributed by atoms with Crippen LogP contribution in [-0.4, -0.2) is 0 Å². The minimum Gasteiger partial charge on any atom is -0.454 e. The van der Waals surface area contributed by atoms with Gasteiger partial charge in [0, 0.05) is 22.1 Å². The van der Waals surface area contributed by atoms with E-state index in [0.29, 0.717) is 0 Å². The predicted molar refractivity (Wildman–Crippen MR) is 228 cm³/mol. The van der Waals surface area contributed by atoms with Gasteiger partial charge in [-0.2, -0.15) is 0 Å². The van der Waals surface area contributed by atoms with Crippen LogP contribution < -0.4 is 4.90 Å². The SMILES string of the molecule is Cc1ccccc1-c1c2c(c(-c3ccccc3C)c3ccccc13)-c1cc3cc(N(c4ccccc4)c4cccc5c4oc4ccccc45)ccc3cc1-2. The van der Waals surface area contributed by atoms with E-state index in [1.54, 1.807) is 0 Å². The molecule has 0 spiro atoms. The summed E-state index contributed by atoms with van der Waals surface area (Å²) in [4.78, 5) is 2.33. The van der Waals surface area contributed by atoms with Crippen molar-refractivity contribution in [2.24, 2.45) is 0 Å². The normalized spacial score (nSPS) is 11.9. The third kappa shape index (κ3) is 4.47. The van der Waals surface area contributed by atoms with Gasteiger partial charge < -0.3 is 9.32 Å². The monoisotopic (exact) mass is 689 g/mol. The maximum atomic E-state index is 6.59. The molecule has 10 aromatic rings. The number of aryl methyl sites for hydroxylation is 2. The summed E-state index contributed by atoms with van der Waals surface area (Å²) >= 11 is 0. The molecule has 2 nitrogen and oxygen atoms in total. The van der Waals surface area contributed by atoms with Crippen LogP contribution in [0, 0.1) is 13.8 Å². The zero-order valence-electron chi connectivity index (χ0n) is 30.1. The third-order valence-corrected chi connectivity index (χ3v) is 11.4. The second-order valence-electron chi connectivity index (χ2n) is 14.5. The minimum absolute atomic E-state index is 0.882. The highest BCUT2D eigenvalue weighted by atomic mass is 16.3. The molecule has 9 aromatic carbocycles. The van der Waals surface area contributed by atoms with E-state index in [1.807, 2.05) is 6.07 Å². The van der Waals surface area contributed by atoms with Gasteiger partial charge in [-0.25, -0.2) is 0 Å². The van der Waals surface area contributed by atoms with E-state index in [4.69, 9.17) is 4.42 Å². The summed E-state index contributed by atoms with van der Waals surface area (Å²) in [5, 5.41) is 7.25. The third-order valence-electron chi connectivity index (χ3n) is 11.4. The Bertz CT molecular complexity index is 3130. The van der Waals surface area contributed by atoms with Crippen molar-refractivity contribution in [3.05, 3.63) is 187 Å². The second-order valence-corrected chi connectivity index (χ2v) is 14.5. The van der Waals surface area contributed by atoms with Crippen LogP contribution in [0.3, 0.4) is 0 Å². The molecule has 1 aliphatic carbocycles. The minimum atomic E-state index is 0.882. The summed E-state index contributed by atoms with van der Waals surface area (Å²) in [5.74, 6) is 0. The molecule has 0 amide bonds. The van der Waals surface area contributed by atoms with Crippen molar-refractivity contribution in [1.29, 1.82) is 0 Å². The Labute approximate surface area is 314 Å². The highest BCUT2D eigenvalue weighted by Crippen LogP contribution is 2.60. The van der Waals surface area contributed by atoms with E-state index in [9.17, 15) is 0 Å². The number of anilines is 3. The molecular formula is C52H35NO. The number of para-hydroxylation sites is 3. The molecule has 54 heavy (non-hydrogen) atoms. The quantitative estimate of drug-likeness (QED) is 0.179. The van der Waals surface area contributed by atoms with Crippen LogP contribution in [-0.2, 0) is 0 Å². The number of rotatable bonds is 5. The largest absolute Gasteiger partial charge is 0.454 e. The molecule has 0 unspecified atom stereocenters. The van der Waals surface area contributed by atoms with Crippen molar-refractivity contribution in [3.8, 4) is 44.5 Å². The first-order valence-corrected chi connectivity index (χ1v) is 18.7. The van der Waals surface area contributed by atoms with Gasteiger partial charge in [0.25, 0.3) is 0 Å². The summed E-state index contributed by atoms with van der Waals surface area (Å²) in [5.41, 5.74) is 18.1. The molecule has 0 saturated carbocycles. The van der Waals surface area contributed by atoms with Crippen LogP contribution in [0.2, 0.25) is 0 Å². The molecule has 2 heteroatoms. The number of hydrogen-bond donors (Lipinski definition) is 0. The van der Waals surface area contributed by atoms with Crippen molar-refractivity contribution in [1.82, 2.24) is 0 Å². The number of benzene rings is 9. The predicted octanol–water partition coefficient (Wildman–Crippen LogP) is 15.0. The summed E-state index contributed by atoms with van der Waals surface area (Å²) in [6.45, 7) is 4.47. The van der Waals surface area contributed by atoms with E-state index in [0.717, 1.165) is 39.0 Å². The van der Waals surface area contributed by atoms with E-state index in [1.165, 1.54) is 77.2 Å². The average molecular weight is 690 g/mol. The topological polar surface area (TPSA) is 16.4 Å². The lowest BCUT2D eigenvalue weighted by atomic mass is 9.69. The zero-order chi connectivity index (χ0) is 35.9. The van der Waals surface area contributed by atoms with Crippen molar-refractivity contribution in [3.63, 3.8) is 0 Å². The molecule has 0 radical (unpaired) electrons. The van der Waals surface area contributed by atoms with Crippen LogP contribution >= 0.6 is 0 Å². The smallest absolute Gasteiger partial charge is 0.159 e. The van der Waals surface area contributed by atoms with Crippen LogP contribution in [0.15, 0.2) is 180 Å². The Balaban J connectivity index is 1.17. The van der Waals surface area contributed by atoms with Crippen LogP contribution in [0.5, 0.6) is 0 Å². The molecule has 1 heterocycles. The zero-order valence-corrected chi connectivity index (χ0v) is 30.1. The van der Waals surface area contributed by atoms with Crippen molar-refractivity contribution < 1.29 is 4.42 Å². The molecule has 0 N–H and O–H groups in total. The van der Waals surface area contributed by atoms with Gasteiger partial charge in [0.05, 0.1) is 5.69 Å². The van der Waals surface area contributed by atoms with Gasteiger partial charge in [-0.1, -0.05) is 127 Å². The van der Waals surface area contributed by atoms with Crippen molar-refractivity contribution >= 4 is 60.5 Å². The molecule has 0 atom stereocenters. The summed E-state index contributed by atoms with van der Waals surface area (Å²) in [7, 11) is 0. The Hall–Kier alpha value is -6.90.